The van der Waals surface area contributed by atoms with Gasteiger partial charge >= 0.3 is 12.1 Å². The Morgan fingerprint density at radius 1 is 1.34 bits per heavy atom. The summed E-state index contributed by atoms with van der Waals surface area (Å²) in [5.74, 6) is -2.77. The number of cyclic esters (lactones) is 1. The highest BCUT2D eigenvalue weighted by Crippen LogP contribution is 2.34. The van der Waals surface area contributed by atoms with Crippen molar-refractivity contribution in [2.75, 3.05) is 32.8 Å². The molecule has 1 aromatic rings. The molecule has 1 N–H and O–H groups in total. The Hall–Kier alpha value is -3.15. The second kappa shape index (κ2) is 8.41. The van der Waals surface area contributed by atoms with Crippen LogP contribution < -0.4 is 5.32 Å². The van der Waals surface area contributed by atoms with Crippen molar-refractivity contribution in [1.82, 2.24) is 15.1 Å². The highest BCUT2D eigenvalue weighted by Gasteiger charge is 2.52. The van der Waals surface area contributed by atoms with E-state index < -0.39 is 24.0 Å². The molecule has 0 bridgehead atoms. The van der Waals surface area contributed by atoms with Crippen LogP contribution in [0.15, 0.2) is 30.9 Å². The molecule has 3 heterocycles. The topological polar surface area (TPSA) is 85.7 Å². The average molecular weight is 444 g/mol. The smallest absolute Gasteiger partial charge is 0.407 e. The zero-order valence-electron chi connectivity index (χ0n) is 17.8. The first-order chi connectivity index (χ1) is 15.2. The predicted octanol–water partition coefficient (Wildman–Crippen LogP) is 3.39. The van der Waals surface area contributed by atoms with Gasteiger partial charge in [0.25, 0.3) is 5.92 Å². The molecule has 170 valence electrons. The minimum atomic E-state index is -3.04. The van der Waals surface area contributed by atoms with Crippen LogP contribution in [0.3, 0.4) is 0 Å². The first kappa shape index (κ1) is 22.1. The van der Waals surface area contributed by atoms with Crippen LogP contribution in [0, 0.1) is 17.2 Å². The van der Waals surface area contributed by atoms with Crippen molar-refractivity contribution in [1.29, 1.82) is 5.26 Å². The summed E-state index contributed by atoms with van der Waals surface area (Å²) in [5, 5.41) is 12.2. The third kappa shape index (κ3) is 4.27. The number of nitriles is 1. The molecular formula is C23H26F2N4O3. The molecule has 0 unspecified atom stereocenters. The number of hydrogen-bond acceptors (Lipinski definition) is 4. The van der Waals surface area contributed by atoms with Crippen molar-refractivity contribution in [2.24, 2.45) is 5.92 Å². The minimum Gasteiger partial charge on any atom is -0.447 e. The molecule has 32 heavy (non-hydrogen) atoms. The quantitative estimate of drug-likeness (QED) is 0.706. The lowest BCUT2D eigenvalue weighted by Gasteiger charge is -2.48. The van der Waals surface area contributed by atoms with Crippen molar-refractivity contribution in [3.8, 4) is 6.07 Å². The van der Waals surface area contributed by atoms with Gasteiger partial charge in [0.1, 0.15) is 12.1 Å². The van der Waals surface area contributed by atoms with Crippen LogP contribution in [0.5, 0.6) is 0 Å². The molecular weight excluding hydrogens is 418 g/mol. The fourth-order valence-corrected chi connectivity index (χ4v) is 4.71. The second-order valence-electron chi connectivity index (χ2n) is 8.94. The van der Waals surface area contributed by atoms with E-state index in [1.807, 2.05) is 4.90 Å². The molecule has 3 aliphatic rings. The standard InChI is InChI=1S/C23H26F2N4O3/c1-2-7-23(24,25)19-4-3-17(18(11-19)12-26)10-16-5-8-28(9-6-16)21(31)29-13-22(14-29)15-32-20(30)27-22/h2-4,11,16H,1,5-10,13-15H2,(H,27,30). The van der Waals surface area contributed by atoms with Gasteiger partial charge in [-0.1, -0.05) is 18.2 Å². The van der Waals surface area contributed by atoms with Gasteiger partial charge in [-0.3, -0.25) is 0 Å². The molecule has 1 spiro atoms. The summed E-state index contributed by atoms with van der Waals surface area (Å²) in [5.41, 5.74) is 0.427. The van der Waals surface area contributed by atoms with Crippen LogP contribution in [0.2, 0.25) is 0 Å². The fourth-order valence-electron chi connectivity index (χ4n) is 4.71. The van der Waals surface area contributed by atoms with E-state index in [-0.39, 0.29) is 29.7 Å². The Balaban J connectivity index is 1.30. The molecule has 3 fully saturated rings. The maximum absolute atomic E-state index is 14.1. The zero-order chi connectivity index (χ0) is 22.9. The Morgan fingerprint density at radius 2 is 2.06 bits per heavy atom. The van der Waals surface area contributed by atoms with Gasteiger partial charge in [-0.05, 0) is 36.8 Å². The molecule has 0 aromatic heterocycles. The molecule has 3 amide bonds. The Labute approximate surface area is 185 Å². The number of carbonyl (C=O) groups is 2. The zero-order valence-corrected chi connectivity index (χ0v) is 17.8. The van der Waals surface area contributed by atoms with Gasteiger partial charge in [0.05, 0.1) is 24.7 Å². The number of carbonyl (C=O) groups excluding carboxylic acids is 2. The number of amides is 3. The number of urea groups is 1. The largest absolute Gasteiger partial charge is 0.447 e. The molecule has 0 atom stereocenters. The SMILES string of the molecule is C=CCC(F)(F)c1ccc(CC2CCN(C(=O)N3CC4(COC(=O)N4)C3)CC2)c(C#N)c1. The molecule has 9 heteroatoms. The van der Waals surface area contributed by atoms with Gasteiger partial charge in [-0.25, -0.2) is 18.4 Å². The van der Waals surface area contributed by atoms with Crippen LogP contribution >= 0.6 is 0 Å². The van der Waals surface area contributed by atoms with E-state index in [1.165, 1.54) is 18.2 Å². The Morgan fingerprint density at radius 3 is 2.66 bits per heavy atom. The first-order valence-corrected chi connectivity index (χ1v) is 10.8. The van der Waals surface area contributed by atoms with Crippen LogP contribution in [0.4, 0.5) is 18.4 Å². The number of hydrogen-bond donors (Lipinski definition) is 1. The van der Waals surface area contributed by atoms with Crippen LogP contribution in [-0.2, 0) is 17.1 Å². The fraction of sp³-hybridized carbons (Fsp3) is 0.522. The second-order valence-corrected chi connectivity index (χ2v) is 8.94. The molecule has 4 rings (SSSR count). The number of alkyl halides is 2. The van der Waals surface area contributed by atoms with Crippen molar-refractivity contribution in [3.63, 3.8) is 0 Å². The van der Waals surface area contributed by atoms with Gasteiger partial charge < -0.3 is 19.9 Å². The lowest BCUT2D eigenvalue weighted by atomic mass is 9.87. The van der Waals surface area contributed by atoms with Gasteiger partial charge in [0, 0.05) is 25.1 Å². The number of alkyl carbamates (subject to hydrolysis) is 1. The summed E-state index contributed by atoms with van der Waals surface area (Å²) >= 11 is 0. The summed E-state index contributed by atoms with van der Waals surface area (Å²) in [6.45, 7) is 5.77. The van der Waals surface area contributed by atoms with Gasteiger partial charge in [-0.2, -0.15) is 5.26 Å². The van der Waals surface area contributed by atoms with E-state index in [0.717, 1.165) is 18.4 Å². The number of allylic oxidation sites excluding steroid dienone is 1. The van der Waals surface area contributed by atoms with Crippen LogP contribution in [0.25, 0.3) is 0 Å². The Bertz CT molecular complexity index is 960. The van der Waals surface area contributed by atoms with E-state index in [4.69, 9.17) is 4.74 Å². The summed E-state index contributed by atoms with van der Waals surface area (Å²) in [6.07, 6.45) is 2.45. The third-order valence-corrected chi connectivity index (χ3v) is 6.55. The minimum absolute atomic E-state index is 0.0401. The van der Waals surface area contributed by atoms with Crippen LogP contribution in [0.1, 0.15) is 36.0 Å². The number of rotatable bonds is 5. The predicted molar refractivity (Wildman–Crippen MR) is 112 cm³/mol. The van der Waals surface area contributed by atoms with Crippen molar-refractivity contribution < 1.29 is 23.1 Å². The molecule has 1 aromatic carbocycles. The molecule has 7 nitrogen and oxygen atoms in total. The average Bonchev–Trinajstić information content (AvgIpc) is 3.15. The molecule has 0 radical (unpaired) electrons. The van der Waals surface area contributed by atoms with Crippen molar-refractivity contribution >= 4 is 12.1 Å². The lowest BCUT2D eigenvalue weighted by Crippen LogP contribution is -2.71. The monoisotopic (exact) mass is 444 g/mol. The molecule has 3 aliphatic heterocycles. The Kier molecular flexibility index (Phi) is 5.80. The highest BCUT2D eigenvalue weighted by atomic mass is 19.3. The van der Waals surface area contributed by atoms with Crippen LogP contribution in [-0.4, -0.2) is 60.2 Å². The van der Waals surface area contributed by atoms with E-state index >= 15 is 0 Å². The number of nitrogens with zero attached hydrogens (tertiary/aromatic N) is 3. The van der Waals surface area contributed by atoms with E-state index in [0.29, 0.717) is 32.6 Å². The van der Waals surface area contributed by atoms with E-state index in [2.05, 4.69) is 18.0 Å². The molecule has 0 saturated carbocycles. The number of halogens is 2. The number of likely N-dealkylation sites (tertiary alicyclic amines) is 2. The van der Waals surface area contributed by atoms with E-state index in [9.17, 15) is 23.6 Å². The van der Waals surface area contributed by atoms with Gasteiger partial charge in [0.15, 0.2) is 0 Å². The number of piperidine rings is 1. The summed E-state index contributed by atoms with van der Waals surface area (Å²) in [4.78, 5) is 27.5. The maximum Gasteiger partial charge on any atom is 0.407 e. The van der Waals surface area contributed by atoms with Crippen molar-refractivity contribution in [3.05, 3.63) is 47.5 Å². The van der Waals surface area contributed by atoms with Gasteiger partial charge in [0.2, 0.25) is 0 Å². The molecule has 0 aliphatic carbocycles. The summed E-state index contributed by atoms with van der Waals surface area (Å²) in [6, 6.07) is 6.31. The summed E-state index contributed by atoms with van der Waals surface area (Å²) < 4.78 is 33.2. The van der Waals surface area contributed by atoms with Gasteiger partial charge in [-0.15, -0.1) is 6.58 Å². The lowest BCUT2D eigenvalue weighted by molar-refractivity contribution is -0.000894. The number of nitrogens with one attached hydrogen (secondary N) is 1. The van der Waals surface area contributed by atoms with E-state index in [1.54, 1.807) is 11.0 Å². The summed E-state index contributed by atoms with van der Waals surface area (Å²) in [7, 11) is 0. The number of ether oxygens (including phenoxy) is 1. The third-order valence-electron chi connectivity index (χ3n) is 6.55. The highest BCUT2D eigenvalue weighted by molar-refractivity contribution is 5.78. The maximum atomic E-state index is 14.1. The molecule has 3 saturated heterocycles. The normalized spacial score (nSPS) is 20.3. The first-order valence-electron chi connectivity index (χ1n) is 10.8. The van der Waals surface area contributed by atoms with Crippen molar-refractivity contribution in [2.45, 2.75) is 37.1 Å². The number of benzene rings is 1.